The molecule has 0 saturated carbocycles. The van der Waals surface area contributed by atoms with Crippen LogP contribution in [0.4, 0.5) is 0 Å². The van der Waals surface area contributed by atoms with Gasteiger partial charge in [-0.15, -0.1) is 0 Å². The summed E-state index contributed by atoms with van der Waals surface area (Å²) in [6.07, 6.45) is -0.543. The molecule has 2 aromatic carbocycles. The molecule has 0 fully saturated rings. The van der Waals surface area contributed by atoms with Crippen LogP contribution in [0.5, 0.6) is 5.75 Å². The zero-order valence-electron chi connectivity index (χ0n) is 14.2. The second-order valence-corrected chi connectivity index (χ2v) is 7.82. The van der Waals surface area contributed by atoms with E-state index in [1.165, 1.54) is 6.07 Å². The fourth-order valence-corrected chi connectivity index (χ4v) is 3.73. The van der Waals surface area contributed by atoms with Crippen LogP contribution in [0, 0.1) is 6.92 Å². The summed E-state index contributed by atoms with van der Waals surface area (Å²) < 4.78 is 32.7. The number of halogens is 1. The molecule has 0 saturated heterocycles. The normalized spacial score (nSPS) is 12.8. The fourth-order valence-electron chi connectivity index (χ4n) is 2.40. The largest absolute Gasteiger partial charge is 0.494 e. The van der Waals surface area contributed by atoms with Crippen LogP contribution in [0.25, 0.3) is 0 Å². The zero-order chi connectivity index (χ0) is 18.4. The lowest BCUT2D eigenvalue weighted by atomic mass is 10.1. The molecule has 136 valence electrons. The smallest absolute Gasteiger partial charge is 0.240 e. The van der Waals surface area contributed by atoms with Crippen molar-refractivity contribution in [2.45, 2.75) is 31.3 Å². The van der Waals surface area contributed by atoms with Crippen LogP contribution in [-0.4, -0.2) is 26.7 Å². The first-order valence-electron chi connectivity index (χ1n) is 8.00. The molecule has 0 aliphatic heterocycles. The van der Waals surface area contributed by atoms with Gasteiger partial charge in [0.2, 0.25) is 10.0 Å². The van der Waals surface area contributed by atoms with Crippen molar-refractivity contribution in [3.05, 3.63) is 58.6 Å². The number of ether oxygens (including phenoxy) is 1. The number of aliphatic hydroxyl groups excluding tert-OH is 1. The first-order chi connectivity index (χ1) is 11.8. The molecule has 0 amide bonds. The van der Waals surface area contributed by atoms with Crippen molar-refractivity contribution in [1.82, 2.24) is 4.72 Å². The molecule has 2 N–H and O–H groups in total. The number of benzene rings is 2. The highest BCUT2D eigenvalue weighted by atomic mass is 35.5. The maximum Gasteiger partial charge on any atom is 0.240 e. The number of hydrogen-bond acceptors (Lipinski definition) is 4. The van der Waals surface area contributed by atoms with E-state index < -0.39 is 16.1 Å². The third-order valence-corrected chi connectivity index (χ3v) is 5.39. The van der Waals surface area contributed by atoms with Gasteiger partial charge in [0.15, 0.2) is 0 Å². The van der Waals surface area contributed by atoms with Crippen LogP contribution >= 0.6 is 11.6 Å². The van der Waals surface area contributed by atoms with E-state index in [0.717, 1.165) is 5.56 Å². The molecule has 25 heavy (non-hydrogen) atoms. The fraction of sp³-hybridized carbons (Fsp3) is 0.333. The summed E-state index contributed by atoms with van der Waals surface area (Å²) in [4.78, 5) is 0.172. The van der Waals surface area contributed by atoms with E-state index in [1.54, 1.807) is 43.3 Å². The van der Waals surface area contributed by atoms with Gasteiger partial charge in [0.1, 0.15) is 5.75 Å². The molecule has 0 bridgehead atoms. The highest BCUT2D eigenvalue weighted by Gasteiger charge is 2.16. The topological polar surface area (TPSA) is 75.6 Å². The summed E-state index contributed by atoms with van der Waals surface area (Å²) in [5.41, 5.74) is 1.41. The van der Waals surface area contributed by atoms with Crippen molar-refractivity contribution < 1.29 is 18.3 Å². The van der Waals surface area contributed by atoms with Gasteiger partial charge in [0.25, 0.3) is 0 Å². The Hall–Kier alpha value is -1.60. The van der Waals surface area contributed by atoms with Gasteiger partial charge < -0.3 is 9.84 Å². The summed E-state index contributed by atoms with van der Waals surface area (Å²) in [6.45, 7) is 4.30. The Balaban J connectivity index is 1.98. The predicted molar refractivity (Wildman–Crippen MR) is 98.6 cm³/mol. The Labute approximate surface area is 153 Å². The standard InChI is InChI=1S/C18H22ClNO4S/c1-3-24-18-8-7-16(11-13(18)2)25(22,23)20-10-9-17(21)14-5-4-6-15(19)12-14/h4-8,11-12,17,20-21H,3,9-10H2,1-2H3/t17-/m1/s1. The van der Waals surface area contributed by atoms with E-state index in [1.807, 2.05) is 6.92 Å². The second-order valence-electron chi connectivity index (χ2n) is 5.62. The van der Waals surface area contributed by atoms with Gasteiger partial charge in [-0.3, -0.25) is 0 Å². The van der Waals surface area contributed by atoms with Crippen molar-refractivity contribution in [3.63, 3.8) is 0 Å². The Kier molecular flexibility index (Phi) is 6.84. The van der Waals surface area contributed by atoms with E-state index >= 15 is 0 Å². The van der Waals surface area contributed by atoms with Crippen LogP contribution < -0.4 is 9.46 Å². The van der Waals surface area contributed by atoms with Crippen LogP contribution in [0.15, 0.2) is 47.4 Å². The molecule has 0 aliphatic carbocycles. The van der Waals surface area contributed by atoms with Gasteiger partial charge in [0, 0.05) is 11.6 Å². The van der Waals surface area contributed by atoms with E-state index in [-0.39, 0.29) is 17.9 Å². The highest BCUT2D eigenvalue weighted by Crippen LogP contribution is 2.23. The molecule has 0 unspecified atom stereocenters. The van der Waals surface area contributed by atoms with Gasteiger partial charge in [-0.05, 0) is 61.7 Å². The minimum Gasteiger partial charge on any atom is -0.494 e. The van der Waals surface area contributed by atoms with Crippen LogP contribution in [0.2, 0.25) is 5.02 Å². The maximum absolute atomic E-state index is 12.4. The monoisotopic (exact) mass is 383 g/mol. The molecule has 1 atom stereocenters. The summed E-state index contributed by atoms with van der Waals surface area (Å²) in [7, 11) is -3.64. The van der Waals surface area contributed by atoms with Gasteiger partial charge in [0.05, 0.1) is 17.6 Å². The van der Waals surface area contributed by atoms with E-state index in [9.17, 15) is 13.5 Å². The van der Waals surface area contributed by atoms with Gasteiger partial charge in [-0.1, -0.05) is 23.7 Å². The first kappa shape index (κ1) is 19.7. The third kappa shape index (κ3) is 5.44. The highest BCUT2D eigenvalue weighted by molar-refractivity contribution is 7.89. The second kappa shape index (κ2) is 8.67. The average molecular weight is 384 g/mol. The van der Waals surface area contributed by atoms with Crippen molar-refractivity contribution in [2.75, 3.05) is 13.2 Å². The van der Waals surface area contributed by atoms with Crippen molar-refractivity contribution in [2.24, 2.45) is 0 Å². The van der Waals surface area contributed by atoms with Crippen molar-refractivity contribution in [3.8, 4) is 5.75 Å². The lowest BCUT2D eigenvalue weighted by Crippen LogP contribution is -2.26. The first-order valence-corrected chi connectivity index (χ1v) is 9.86. The van der Waals surface area contributed by atoms with Crippen LogP contribution in [-0.2, 0) is 10.0 Å². The molecule has 0 aromatic heterocycles. The van der Waals surface area contributed by atoms with E-state index in [0.29, 0.717) is 22.9 Å². The van der Waals surface area contributed by atoms with Crippen LogP contribution in [0.1, 0.15) is 30.6 Å². The quantitative estimate of drug-likeness (QED) is 0.732. The van der Waals surface area contributed by atoms with E-state index in [2.05, 4.69) is 4.72 Å². The number of aryl methyl sites for hydroxylation is 1. The number of sulfonamides is 1. The summed E-state index contributed by atoms with van der Waals surface area (Å²) in [6, 6.07) is 11.6. The van der Waals surface area contributed by atoms with Gasteiger partial charge in [-0.2, -0.15) is 0 Å². The Morgan fingerprint density at radius 3 is 2.64 bits per heavy atom. The van der Waals surface area contributed by atoms with Crippen molar-refractivity contribution >= 4 is 21.6 Å². The van der Waals surface area contributed by atoms with Gasteiger partial charge >= 0.3 is 0 Å². The molecule has 5 nitrogen and oxygen atoms in total. The molecule has 0 heterocycles. The molecule has 7 heteroatoms. The molecule has 0 aliphatic rings. The lowest BCUT2D eigenvalue weighted by Gasteiger charge is -2.13. The molecule has 0 spiro atoms. The molecular formula is C18H22ClNO4S. The van der Waals surface area contributed by atoms with Crippen LogP contribution in [0.3, 0.4) is 0 Å². The zero-order valence-corrected chi connectivity index (χ0v) is 15.8. The number of rotatable bonds is 8. The molecular weight excluding hydrogens is 362 g/mol. The minimum atomic E-state index is -3.64. The third-order valence-electron chi connectivity index (χ3n) is 3.70. The number of nitrogens with one attached hydrogen (secondary N) is 1. The summed E-state index contributed by atoms with van der Waals surface area (Å²) >= 11 is 5.89. The predicted octanol–water partition coefficient (Wildman–Crippen LogP) is 3.45. The lowest BCUT2D eigenvalue weighted by molar-refractivity contribution is 0.169. The Morgan fingerprint density at radius 1 is 1.24 bits per heavy atom. The van der Waals surface area contributed by atoms with Gasteiger partial charge in [-0.25, -0.2) is 13.1 Å². The van der Waals surface area contributed by atoms with E-state index in [4.69, 9.17) is 16.3 Å². The SMILES string of the molecule is CCOc1ccc(S(=O)(=O)NCC[C@@H](O)c2cccc(Cl)c2)cc1C. The molecule has 2 aromatic rings. The molecule has 2 rings (SSSR count). The maximum atomic E-state index is 12.4. The number of hydrogen-bond donors (Lipinski definition) is 2. The van der Waals surface area contributed by atoms with Crippen molar-refractivity contribution in [1.29, 1.82) is 0 Å². The minimum absolute atomic E-state index is 0.113. The molecule has 0 radical (unpaired) electrons. The Morgan fingerprint density at radius 2 is 2.00 bits per heavy atom. The summed E-state index contributed by atoms with van der Waals surface area (Å²) in [5, 5.41) is 10.7. The Bertz CT molecular complexity index is 824. The number of aliphatic hydroxyl groups is 1. The summed E-state index contributed by atoms with van der Waals surface area (Å²) in [5.74, 6) is 0.665. The average Bonchev–Trinajstić information content (AvgIpc) is 2.56.